The fourth-order valence-electron chi connectivity index (χ4n) is 4.44. The SMILES string of the molecule is OC[C@H]1OC[C@H](Oc2nc3c(F)c(-c4ccc(N5CCC(O)C5)cc4)c(F)cc3[nH]2)C[C@@H]1O. The van der Waals surface area contributed by atoms with Crippen molar-refractivity contribution in [1.29, 1.82) is 0 Å². The van der Waals surface area contributed by atoms with Crippen molar-refractivity contribution in [1.82, 2.24) is 9.97 Å². The summed E-state index contributed by atoms with van der Waals surface area (Å²) >= 11 is 0. The molecular formula is C23H25F2N3O5. The largest absolute Gasteiger partial charge is 0.459 e. The number of β-amino-alcohol motifs (C(OH)–C–C–N with tert-alkyl or cyclic N) is 1. The van der Waals surface area contributed by atoms with Gasteiger partial charge in [0.2, 0.25) is 0 Å². The summed E-state index contributed by atoms with van der Waals surface area (Å²) in [5.74, 6) is -1.54. The molecule has 0 radical (unpaired) electrons. The average Bonchev–Trinajstić information content (AvgIpc) is 3.40. The Bertz CT molecular complexity index is 1140. The molecule has 3 heterocycles. The number of nitrogens with zero attached hydrogens (tertiary/aromatic N) is 2. The van der Waals surface area contributed by atoms with E-state index in [9.17, 15) is 14.6 Å². The van der Waals surface area contributed by atoms with Crippen LogP contribution in [0.25, 0.3) is 22.2 Å². The molecule has 4 N–H and O–H groups in total. The Labute approximate surface area is 188 Å². The second kappa shape index (κ2) is 8.86. The number of benzene rings is 2. The van der Waals surface area contributed by atoms with Crippen LogP contribution in [0.15, 0.2) is 30.3 Å². The maximum atomic E-state index is 15.3. The van der Waals surface area contributed by atoms with E-state index < -0.39 is 29.9 Å². The van der Waals surface area contributed by atoms with Gasteiger partial charge in [0.25, 0.3) is 6.01 Å². The topological polar surface area (TPSA) is 111 Å². The molecule has 2 aliphatic rings. The second-order valence-corrected chi connectivity index (χ2v) is 8.52. The Kier molecular flexibility index (Phi) is 5.92. The van der Waals surface area contributed by atoms with E-state index in [4.69, 9.17) is 14.6 Å². The third-order valence-corrected chi connectivity index (χ3v) is 6.22. The average molecular weight is 461 g/mol. The van der Waals surface area contributed by atoms with Crippen molar-refractivity contribution in [3.63, 3.8) is 0 Å². The molecule has 0 saturated carbocycles. The quantitative estimate of drug-likeness (QED) is 0.460. The third kappa shape index (κ3) is 4.26. The Morgan fingerprint density at radius 2 is 2.00 bits per heavy atom. The molecule has 1 aromatic heterocycles. The van der Waals surface area contributed by atoms with Gasteiger partial charge in [-0.15, -0.1) is 0 Å². The molecule has 2 aromatic carbocycles. The fourth-order valence-corrected chi connectivity index (χ4v) is 4.44. The number of imidazole rings is 1. The minimum absolute atomic E-state index is 0.00774. The molecule has 3 aromatic rings. The summed E-state index contributed by atoms with van der Waals surface area (Å²) in [6, 6.07) is 8.03. The lowest BCUT2D eigenvalue weighted by atomic mass is 10.0. The molecule has 5 rings (SSSR count). The van der Waals surface area contributed by atoms with E-state index in [0.717, 1.165) is 12.2 Å². The Balaban J connectivity index is 1.38. The van der Waals surface area contributed by atoms with Crippen LogP contribution in [0.5, 0.6) is 6.01 Å². The summed E-state index contributed by atoms with van der Waals surface area (Å²) in [7, 11) is 0. The molecule has 0 aliphatic carbocycles. The highest BCUT2D eigenvalue weighted by Crippen LogP contribution is 2.34. The second-order valence-electron chi connectivity index (χ2n) is 8.52. The van der Waals surface area contributed by atoms with Crippen LogP contribution in [0.3, 0.4) is 0 Å². The summed E-state index contributed by atoms with van der Waals surface area (Å²) < 4.78 is 41.2. The van der Waals surface area contributed by atoms with Gasteiger partial charge in [0.15, 0.2) is 5.82 Å². The number of nitrogens with one attached hydrogen (secondary N) is 1. The van der Waals surface area contributed by atoms with Crippen molar-refractivity contribution in [3.8, 4) is 17.1 Å². The number of ether oxygens (including phenoxy) is 2. The van der Waals surface area contributed by atoms with Crippen molar-refractivity contribution in [2.75, 3.05) is 31.2 Å². The number of rotatable bonds is 5. The predicted molar refractivity (Wildman–Crippen MR) is 116 cm³/mol. The number of halogens is 2. The van der Waals surface area contributed by atoms with Crippen molar-refractivity contribution in [2.45, 2.75) is 37.3 Å². The van der Waals surface area contributed by atoms with Gasteiger partial charge in [-0.25, -0.2) is 8.78 Å². The van der Waals surface area contributed by atoms with Gasteiger partial charge in [-0.3, -0.25) is 0 Å². The van der Waals surface area contributed by atoms with Crippen LogP contribution in [0.2, 0.25) is 0 Å². The molecule has 0 amide bonds. The van der Waals surface area contributed by atoms with E-state index in [2.05, 4.69) is 9.97 Å². The third-order valence-electron chi connectivity index (χ3n) is 6.22. The molecular weight excluding hydrogens is 436 g/mol. The molecule has 2 aliphatic heterocycles. The summed E-state index contributed by atoms with van der Waals surface area (Å²) in [5.41, 5.74) is 1.17. The lowest BCUT2D eigenvalue weighted by Crippen LogP contribution is -2.45. The van der Waals surface area contributed by atoms with Crippen LogP contribution in [0.1, 0.15) is 12.8 Å². The van der Waals surface area contributed by atoms with E-state index >= 15 is 4.39 Å². The first-order valence-corrected chi connectivity index (χ1v) is 10.9. The normalized spacial score (nSPS) is 25.7. The smallest absolute Gasteiger partial charge is 0.295 e. The van der Waals surface area contributed by atoms with E-state index in [1.165, 1.54) is 6.07 Å². The standard InChI is InChI=1S/C23H25F2N3O5/c24-16-8-17-22(27-23(26-17)33-15-7-18(31)19(10-29)32-11-15)21(25)20(16)12-1-3-13(4-2-12)28-6-5-14(30)9-28/h1-4,8,14-15,18-19,29-31H,5-7,9-11H2,(H,26,27)/t14?,15-,18+,19-/m1/s1. The van der Waals surface area contributed by atoms with Crippen LogP contribution in [0, 0.1) is 11.6 Å². The highest BCUT2D eigenvalue weighted by atomic mass is 19.1. The Morgan fingerprint density at radius 3 is 2.67 bits per heavy atom. The number of aromatic nitrogens is 2. The van der Waals surface area contributed by atoms with Crippen LogP contribution < -0.4 is 9.64 Å². The van der Waals surface area contributed by atoms with Gasteiger partial charge in [-0.05, 0) is 24.1 Å². The minimum atomic E-state index is -0.897. The van der Waals surface area contributed by atoms with Gasteiger partial charge in [0.1, 0.15) is 23.5 Å². The Morgan fingerprint density at radius 1 is 1.21 bits per heavy atom. The Hall–Kier alpha value is -2.79. The molecule has 2 saturated heterocycles. The zero-order valence-corrected chi connectivity index (χ0v) is 17.7. The first kappa shape index (κ1) is 22.0. The number of hydrogen-bond acceptors (Lipinski definition) is 7. The van der Waals surface area contributed by atoms with E-state index in [1.54, 1.807) is 24.3 Å². The summed E-state index contributed by atoms with van der Waals surface area (Å²) in [5, 5.41) is 28.9. The van der Waals surface area contributed by atoms with Crippen LogP contribution in [-0.2, 0) is 4.74 Å². The zero-order chi connectivity index (χ0) is 23.1. The predicted octanol–water partition coefficient (Wildman–Crippen LogP) is 1.97. The number of fused-ring (bicyclic) bond motifs is 1. The molecule has 2 fully saturated rings. The van der Waals surface area contributed by atoms with E-state index in [-0.39, 0.29) is 48.3 Å². The molecule has 176 valence electrons. The molecule has 0 spiro atoms. The van der Waals surface area contributed by atoms with Gasteiger partial charge in [0.05, 0.1) is 36.5 Å². The minimum Gasteiger partial charge on any atom is -0.459 e. The highest BCUT2D eigenvalue weighted by Gasteiger charge is 2.31. The number of hydrogen-bond donors (Lipinski definition) is 4. The van der Waals surface area contributed by atoms with E-state index in [1.807, 2.05) is 4.90 Å². The lowest BCUT2D eigenvalue weighted by molar-refractivity contribution is -0.131. The summed E-state index contributed by atoms with van der Waals surface area (Å²) in [6.45, 7) is 1.09. The van der Waals surface area contributed by atoms with Gasteiger partial charge < -0.3 is 34.7 Å². The molecule has 1 unspecified atom stereocenters. The van der Waals surface area contributed by atoms with Crippen LogP contribution in [-0.4, -0.2) is 76.0 Å². The fraction of sp³-hybridized carbons (Fsp3) is 0.435. The van der Waals surface area contributed by atoms with Crippen LogP contribution >= 0.6 is 0 Å². The van der Waals surface area contributed by atoms with Crippen molar-refractivity contribution in [2.24, 2.45) is 0 Å². The number of H-pyrrole nitrogens is 1. The zero-order valence-electron chi connectivity index (χ0n) is 17.7. The molecule has 0 bridgehead atoms. The number of aliphatic hydroxyl groups excluding tert-OH is 3. The van der Waals surface area contributed by atoms with Gasteiger partial charge in [0, 0.05) is 31.3 Å². The van der Waals surface area contributed by atoms with Gasteiger partial charge in [-0.2, -0.15) is 4.98 Å². The number of anilines is 1. The number of aromatic amines is 1. The first-order valence-electron chi connectivity index (χ1n) is 10.9. The monoisotopic (exact) mass is 461 g/mol. The summed E-state index contributed by atoms with van der Waals surface area (Å²) in [6.07, 6.45) is -1.57. The maximum Gasteiger partial charge on any atom is 0.295 e. The molecule has 4 atom stereocenters. The molecule has 33 heavy (non-hydrogen) atoms. The van der Waals surface area contributed by atoms with Crippen molar-refractivity contribution < 1.29 is 33.6 Å². The van der Waals surface area contributed by atoms with E-state index in [0.29, 0.717) is 18.5 Å². The highest BCUT2D eigenvalue weighted by molar-refractivity contribution is 5.84. The van der Waals surface area contributed by atoms with Gasteiger partial charge in [-0.1, -0.05) is 12.1 Å². The van der Waals surface area contributed by atoms with Crippen molar-refractivity contribution >= 4 is 16.7 Å². The molecule has 10 heteroatoms. The maximum absolute atomic E-state index is 15.3. The first-order chi connectivity index (χ1) is 15.9. The molecule has 8 nitrogen and oxygen atoms in total. The van der Waals surface area contributed by atoms with Gasteiger partial charge >= 0.3 is 0 Å². The lowest BCUT2D eigenvalue weighted by Gasteiger charge is -2.31. The number of aliphatic hydroxyl groups is 3. The summed E-state index contributed by atoms with van der Waals surface area (Å²) in [4.78, 5) is 8.93. The van der Waals surface area contributed by atoms with Crippen molar-refractivity contribution in [3.05, 3.63) is 42.0 Å². The van der Waals surface area contributed by atoms with Crippen LogP contribution in [0.4, 0.5) is 14.5 Å².